The highest BCUT2D eigenvalue weighted by atomic mass is 15.1. The molecule has 2 heteroatoms. The van der Waals surface area contributed by atoms with Gasteiger partial charge in [-0.15, -0.1) is 0 Å². The van der Waals surface area contributed by atoms with Gasteiger partial charge in [0.1, 0.15) is 0 Å². The van der Waals surface area contributed by atoms with Crippen LogP contribution in [0.1, 0.15) is 35.1 Å². The van der Waals surface area contributed by atoms with Crippen LogP contribution in [0.15, 0.2) is 55.1 Å². The van der Waals surface area contributed by atoms with Gasteiger partial charge in [-0.25, -0.2) is 0 Å². The van der Waals surface area contributed by atoms with Crippen molar-refractivity contribution in [2.75, 3.05) is 37.0 Å². The molecule has 0 aliphatic carbocycles. The first kappa shape index (κ1) is 17.0. The summed E-state index contributed by atoms with van der Waals surface area (Å²) in [5, 5.41) is 0. The summed E-state index contributed by atoms with van der Waals surface area (Å²) < 4.78 is 0. The second-order valence-corrected chi connectivity index (χ2v) is 7.55. The minimum atomic E-state index is 1.15. The highest BCUT2D eigenvalue weighted by Gasteiger charge is 2.17. The van der Waals surface area contributed by atoms with Crippen LogP contribution in [0.5, 0.6) is 0 Å². The average molecular weight is 345 g/mol. The predicted molar refractivity (Wildman–Crippen MR) is 113 cm³/mol. The van der Waals surface area contributed by atoms with E-state index in [1.54, 1.807) is 0 Å². The van der Waals surface area contributed by atoms with Gasteiger partial charge in [0.25, 0.3) is 0 Å². The highest BCUT2D eigenvalue weighted by molar-refractivity contribution is 5.83. The van der Waals surface area contributed by atoms with Crippen LogP contribution in [0.2, 0.25) is 0 Å². The number of aryl methyl sites for hydroxylation is 2. The van der Waals surface area contributed by atoms with Gasteiger partial charge in [-0.1, -0.05) is 30.9 Å². The van der Waals surface area contributed by atoms with Gasteiger partial charge in [-0.2, -0.15) is 0 Å². The average Bonchev–Trinajstić information content (AvgIpc) is 2.66. The molecule has 0 aromatic heterocycles. The van der Waals surface area contributed by atoms with Gasteiger partial charge in [0, 0.05) is 38.6 Å². The number of allylic oxidation sites excluding steroid dienone is 2. The van der Waals surface area contributed by atoms with Gasteiger partial charge in [-0.05, 0) is 77.8 Å². The van der Waals surface area contributed by atoms with Crippen molar-refractivity contribution < 1.29 is 0 Å². The smallest absolute Gasteiger partial charge is 0.0396 e. The molecular weight excluding hydrogens is 316 g/mol. The van der Waals surface area contributed by atoms with E-state index < -0.39 is 0 Å². The van der Waals surface area contributed by atoms with Crippen LogP contribution in [0.4, 0.5) is 11.4 Å². The Morgan fingerprint density at radius 3 is 1.81 bits per heavy atom. The van der Waals surface area contributed by atoms with Crippen molar-refractivity contribution in [3.8, 4) is 0 Å². The maximum Gasteiger partial charge on any atom is 0.0396 e. The van der Waals surface area contributed by atoms with Crippen LogP contribution in [0.3, 0.4) is 0 Å². The van der Waals surface area contributed by atoms with E-state index in [9.17, 15) is 0 Å². The number of rotatable bonds is 3. The van der Waals surface area contributed by atoms with E-state index in [0.29, 0.717) is 0 Å². The molecule has 2 aliphatic heterocycles. The van der Waals surface area contributed by atoms with E-state index in [-0.39, 0.29) is 0 Å². The molecule has 134 valence electrons. The Labute approximate surface area is 157 Å². The normalized spacial score (nSPS) is 15.9. The van der Waals surface area contributed by atoms with Crippen molar-refractivity contribution in [1.82, 2.24) is 0 Å². The van der Waals surface area contributed by atoms with E-state index in [1.807, 2.05) is 6.08 Å². The first-order valence-electron chi connectivity index (χ1n) is 9.69. The number of hydrogen-bond acceptors (Lipinski definition) is 2. The fourth-order valence-electron chi connectivity index (χ4n) is 4.38. The zero-order valence-corrected chi connectivity index (χ0v) is 16.0. The van der Waals surface area contributed by atoms with Crippen LogP contribution >= 0.6 is 0 Å². The summed E-state index contributed by atoms with van der Waals surface area (Å²) >= 11 is 0. The lowest BCUT2D eigenvalue weighted by Gasteiger charge is -2.29. The molecule has 0 spiro atoms. The summed E-state index contributed by atoms with van der Waals surface area (Å²) in [7, 11) is 4.39. The lowest BCUT2D eigenvalue weighted by molar-refractivity contribution is 0.744. The Morgan fingerprint density at radius 2 is 1.35 bits per heavy atom. The summed E-state index contributed by atoms with van der Waals surface area (Å²) in [5.41, 5.74) is 9.54. The van der Waals surface area contributed by atoms with Gasteiger partial charge >= 0.3 is 0 Å². The summed E-state index contributed by atoms with van der Waals surface area (Å²) in [6, 6.07) is 13.9. The second-order valence-electron chi connectivity index (χ2n) is 7.55. The fraction of sp³-hybridized carbons (Fsp3) is 0.333. The summed E-state index contributed by atoms with van der Waals surface area (Å²) in [6.07, 6.45) is 8.88. The minimum absolute atomic E-state index is 1.15. The summed E-state index contributed by atoms with van der Waals surface area (Å²) in [5.74, 6) is 0. The largest absolute Gasteiger partial charge is 0.374 e. The number of fused-ring (bicyclic) bond motifs is 2. The zero-order valence-electron chi connectivity index (χ0n) is 16.0. The van der Waals surface area contributed by atoms with Gasteiger partial charge in [0.2, 0.25) is 0 Å². The Bertz CT molecular complexity index is 797. The lowest BCUT2D eigenvalue weighted by atomic mass is 9.90. The Kier molecular flexibility index (Phi) is 4.58. The minimum Gasteiger partial charge on any atom is -0.374 e. The van der Waals surface area contributed by atoms with Gasteiger partial charge in [0.05, 0.1) is 0 Å². The highest BCUT2D eigenvalue weighted by Crippen LogP contribution is 2.34. The topological polar surface area (TPSA) is 6.48 Å². The quantitative estimate of drug-likeness (QED) is 0.717. The fourth-order valence-corrected chi connectivity index (χ4v) is 4.38. The third-order valence-corrected chi connectivity index (χ3v) is 5.77. The molecule has 2 aromatic rings. The molecule has 26 heavy (non-hydrogen) atoms. The molecule has 0 radical (unpaired) electrons. The monoisotopic (exact) mass is 344 g/mol. The molecule has 0 unspecified atom stereocenters. The van der Waals surface area contributed by atoms with Crippen LogP contribution in [-0.2, 0) is 12.8 Å². The van der Waals surface area contributed by atoms with E-state index in [0.717, 1.165) is 13.1 Å². The number of benzene rings is 2. The molecule has 0 N–H and O–H groups in total. The van der Waals surface area contributed by atoms with Crippen LogP contribution in [0, 0.1) is 0 Å². The first-order chi connectivity index (χ1) is 12.7. The summed E-state index contributed by atoms with van der Waals surface area (Å²) in [4.78, 5) is 4.74. The molecule has 0 atom stereocenters. The van der Waals surface area contributed by atoms with Crippen molar-refractivity contribution >= 4 is 16.9 Å². The maximum absolute atomic E-state index is 3.96. The third kappa shape index (κ3) is 3.05. The number of hydrogen-bond donors (Lipinski definition) is 0. The second kappa shape index (κ2) is 7.03. The van der Waals surface area contributed by atoms with Crippen molar-refractivity contribution in [1.29, 1.82) is 0 Å². The Morgan fingerprint density at radius 1 is 0.846 bits per heavy atom. The predicted octanol–water partition coefficient (Wildman–Crippen LogP) is 5.07. The molecule has 2 aliphatic rings. The lowest BCUT2D eigenvalue weighted by Crippen LogP contribution is -2.24. The SMILES string of the molecule is C=CC=C(c1ccc2c(c1)CCCN2C)c1ccc2c(c1)CCCN2C. The van der Waals surface area contributed by atoms with Gasteiger partial charge in [-0.3, -0.25) is 0 Å². The van der Waals surface area contributed by atoms with Crippen molar-refractivity contribution in [2.45, 2.75) is 25.7 Å². The Hall–Kier alpha value is -2.48. The molecule has 2 aromatic carbocycles. The molecule has 2 nitrogen and oxygen atoms in total. The van der Waals surface area contributed by atoms with E-state index in [1.165, 1.54) is 64.9 Å². The molecule has 0 saturated carbocycles. The number of nitrogens with zero attached hydrogens (tertiary/aromatic N) is 2. The van der Waals surface area contributed by atoms with Gasteiger partial charge < -0.3 is 9.80 Å². The number of anilines is 2. The van der Waals surface area contributed by atoms with Crippen LogP contribution in [-0.4, -0.2) is 27.2 Å². The van der Waals surface area contributed by atoms with E-state index >= 15 is 0 Å². The summed E-state index contributed by atoms with van der Waals surface area (Å²) in [6.45, 7) is 6.26. The standard InChI is InChI=1S/C24H28N2/c1-4-7-22(18-10-12-23-20(16-18)8-5-14-25(23)2)19-11-13-24-21(17-19)9-6-15-26(24)3/h4,7,10-13,16-17H,1,5-6,8-9,14-15H2,2-3H3. The molecule has 4 rings (SSSR count). The van der Waals surface area contributed by atoms with Crippen LogP contribution in [0.25, 0.3) is 5.57 Å². The van der Waals surface area contributed by atoms with Crippen molar-refractivity contribution in [3.63, 3.8) is 0 Å². The van der Waals surface area contributed by atoms with Crippen molar-refractivity contribution in [2.24, 2.45) is 0 Å². The molecular formula is C24H28N2. The molecule has 0 fully saturated rings. The molecule has 0 saturated heterocycles. The van der Waals surface area contributed by atoms with Crippen LogP contribution < -0.4 is 9.80 Å². The third-order valence-electron chi connectivity index (χ3n) is 5.77. The molecule has 0 amide bonds. The molecule has 0 bridgehead atoms. The Balaban J connectivity index is 1.75. The van der Waals surface area contributed by atoms with E-state index in [2.05, 4.69) is 72.9 Å². The maximum atomic E-state index is 3.96. The van der Waals surface area contributed by atoms with Crippen molar-refractivity contribution in [3.05, 3.63) is 77.4 Å². The first-order valence-corrected chi connectivity index (χ1v) is 9.69. The zero-order chi connectivity index (χ0) is 18.1. The van der Waals surface area contributed by atoms with E-state index in [4.69, 9.17) is 0 Å². The molecule has 2 heterocycles. The van der Waals surface area contributed by atoms with Gasteiger partial charge in [0.15, 0.2) is 0 Å².